The van der Waals surface area contributed by atoms with Gasteiger partial charge in [-0.15, -0.1) is 0 Å². The van der Waals surface area contributed by atoms with Crippen molar-refractivity contribution in [1.29, 1.82) is 0 Å². The van der Waals surface area contributed by atoms with Crippen molar-refractivity contribution in [2.75, 3.05) is 24.5 Å². The number of ether oxygens (including phenoxy) is 1. The van der Waals surface area contributed by atoms with E-state index in [0.717, 1.165) is 28.3 Å². The van der Waals surface area contributed by atoms with Gasteiger partial charge in [-0.1, -0.05) is 68.3 Å². The van der Waals surface area contributed by atoms with E-state index in [1.807, 2.05) is 51.1 Å². The zero-order valence-electron chi connectivity index (χ0n) is 23.7. The maximum atomic E-state index is 14.0. The number of methoxy groups -OCH3 is 1. The molecule has 40 heavy (non-hydrogen) atoms. The molecule has 0 heterocycles. The number of nitrogens with one attached hydrogen (secondary N) is 1. The number of unbranched alkanes of at least 4 members (excludes halogenated alkanes) is 1. The third kappa shape index (κ3) is 7.85. The van der Waals surface area contributed by atoms with Crippen LogP contribution in [0.3, 0.4) is 0 Å². The minimum Gasteiger partial charge on any atom is -0.497 e. The zero-order chi connectivity index (χ0) is 29.1. The lowest BCUT2D eigenvalue weighted by molar-refractivity contribution is -0.140. The van der Waals surface area contributed by atoms with E-state index in [-0.39, 0.29) is 17.3 Å². The van der Waals surface area contributed by atoms with Gasteiger partial charge in [-0.2, -0.15) is 0 Å². The Morgan fingerprint density at radius 2 is 1.57 bits per heavy atom. The summed E-state index contributed by atoms with van der Waals surface area (Å²) in [6.45, 7) is 5.96. The molecule has 1 N–H and O–H groups in total. The zero-order valence-corrected chi connectivity index (χ0v) is 24.5. The predicted octanol–water partition coefficient (Wildman–Crippen LogP) is 4.92. The smallest absolute Gasteiger partial charge is 0.264 e. The van der Waals surface area contributed by atoms with Crippen LogP contribution in [-0.4, -0.2) is 51.4 Å². The van der Waals surface area contributed by atoms with Crippen molar-refractivity contribution < 1.29 is 22.7 Å². The number of anilines is 1. The highest BCUT2D eigenvalue weighted by molar-refractivity contribution is 7.92. The minimum absolute atomic E-state index is 0.0701. The molecule has 8 nitrogen and oxygen atoms in total. The van der Waals surface area contributed by atoms with Crippen molar-refractivity contribution in [1.82, 2.24) is 10.2 Å². The molecule has 3 aromatic rings. The molecule has 0 radical (unpaired) electrons. The molecule has 2 amide bonds. The average molecular weight is 566 g/mol. The number of nitrogens with zero attached hydrogens (tertiary/aromatic N) is 2. The van der Waals surface area contributed by atoms with E-state index >= 15 is 0 Å². The molecule has 1 atom stereocenters. The maximum absolute atomic E-state index is 14.0. The number of hydrogen-bond donors (Lipinski definition) is 1. The molecule has 0 aliphatic heterocycles. The highest BCUT2D eigenvalue weighted by atomic mass is 32.2. The Kier molecular flexibility index (Phi) is 11.1. The monoisotopic (exact) mass is 565 g/mol. The average Bonchev–Trinajstić information content (AvgIpc) is 2.96. The van der Waals surface area contributed by atoms with Gasteiger partial charge < -0.3 is 15.0 Å². The summed E-state index contributed by atoms with van der Waals surface area (Å²) in [5.74, 6) is -0.172. The van der Waals surface area contributed by atoms with Crippen LogP contribution in [0.25, 0.3) is 0 Å². The van der Waals surface area contributed by atoms with Crippen molar-refractivity contribution >= 4 is 27.5 Å². The molecule has 0 aromatic heterocycles. The topological polar surface area (TPSA) is 96.0 Å². The van der Waals surface area contributed by atoms with Crippen LogP contribution in [0, 0.1) is 6.92 Å². The lowest BCUT2D eigenvalue weighted by Crippen LogP contribution is -2.52. The number of aryl methyl sites for hydroxylation is 1. The highest BCUT2D eigenvalue weighted by Gasteiger charge is 2.33. The molecule has 0 aliphatic rings. The Labute approximate surface area is 238 Å². The molecule has 0 spiro atoms. The van der Waals surface area contributed by atoms with Crippen LogP contribution >= 0.6 is 0 Å². The standard InChI is InChI=1S/C31H39N3O5S/c1-5-7-21-32-31(36)29(6-2)33(22-25-11-9-8-10-12-25)30(35)23-34(26-15-17-27(39-4)18-16-26)40(37,38)28-19-13-24(3)14-20-28/h8-20,29H,5-7,21-23H2,1-4H3,(H,32,36)/t29-/m0/s1. The van der Waals surface area contributed by atoms with Gasteiger partial charge in [-0.3, -0.25) is 13.9 Å². The highest BCUT2D eigenvalue weighted by Crippen LogP contribution is 2.27. The third-order valence-corrected chi connectivity index (χ3v) is 8.45. The summed E-state index contributed by atoms with van der Waals surface area (Å²) >= 11 is 0. The summed E-state index contributed by atoms with van der Waals surface area (Å²) in [5, 5.41) is 2.94. The fraction of sp³-hybridized carbons (Fsp3) is 0.355. The molecule has 0 unspecified atom stereocenters. The van der Waals surface area contributed by atoms with Crippen molar-refractivity contribution in [2.24, 2.45) is 0 Å². The van der Waals surface area contributed by atoms with Crippen LogP contribution in [0.4, 0.5) is 5.69 Å². The number of benzene rings is 3. The van der Waals surface area contributed by atoms with Gasteiger partial charge >= 0.3 is 0 Å². The lowest BCUT2D eigenvalue weighted by Gasteiger charge is -2.33. The molecular weight excluding hydrogens is 526 g/mol. The predicted molar refractivity (Wildman–Crippen MR) is 158 cm³/mol. The summed E-state index contributed by atoms with van der Waals surface area (Å²) < 4.78 is 34.2. The summed E-state index contributed by atoms with van der Waals surface area (Å²) in [7, 11) is -2.59. The van der Waals surface area contributed by atoms with E-state index < -0.39 is 28.5 Å². The Balaban J connectivity index is 2.02. The summed E-state index contributed by atoms with van der Waals surface area (Å²) in [4.78, 5) is 28.8. The van der Waals surface area contributed by atoms with E-state index in [9.17, 15) is 18.0 Å². The molecule has 3 aromatic carbocycles. The van der Waals surface area contributed by atoms with Gasteiger partial charge in [0.25, 0.3) is 10.0 Å². The van der Waals surface area contributed by atoms with Gasteiger partial charge in [0.15, 0.2) is 0 Å². The molecule has 0 bridgehead atoms. The number of carbonyl (C=O) groups is 2. The number of hydrogen-bond acceptors (Lipinski definition) is 5. The second kappa shape index (κ2) is 14.5. The van der Waals surface area contributed by atoms with Crippen molar-refractivity contribution in [3.05, 3.63) is 90.0 Å². The van der Waals surface area contributed by atoms with Gasteiger partial charge in [0, 0.05) is 13.1 Å². The minimum atomic E-state index is -4.12. The van der Waals surface area contributed by atoms with E-state index in [1.165, 1.54) is 24.1 Å². The van der Waals surface area contributed by atoms with Crippen LogP contribution in [0.1, 0.15) is 44.2 Å². The van der Waals surface area contributed by atoms with Crippen LogP contribution in [-0.2, 0) is 26.2 Å². The molecule has 0 saturated heterocycles. The number of rotatable bonds is 14. The Hall–Kier alpha value is -3.85. The molecule has 0 saturated carbocycles. The second-order valence-corrected chi connectivity index (χ2v) is 11.5. The van der Waals surface area contributed by atoms with E-state index in [0.29, 0.717) is 24.4 Å². The van der Waals surface area contributed by atoms with E-state index in [2.05, 4.69) is 5.32 Å². The first-order valence-corrected chi connectivity index (χ1v) is 15.0. The van der Waals surface area contributed by atoms with Gasteiger partial charge in [-0.25, -0.2) is 8.42 Å². The Bertz CT molecular complexity index is 1340. The van der Waals surface area contributed by atoms with Crippen LogP contribution in [0.15, 0.2) is 83.8 Å². The summed E-state index contributed by atoms with van der Waals surface area (Å²) in [6.07, 6.45) is 2.13. The first-order valence-electron chi connectivity index (χ1n) is 13.6. The van der Waals surface area contributed by atoms with Crippen molar-refractivity contribution in [3.63, 3.8) is 0 Å². The lowest BCUT2D eigenvalue weighted by atomic mass is 10.1. The van der Waals surface area contributed by atoms with E-state index in [4.69, 9.17) is 4.74 Å². The Morgan fingerprint density at radius 3 is 2.15 bits per heavy atom. The maximum Gasteiger partial charge on any atom is 0.264 e. The number of sulfonamides is 1. The van der Waals surface area contributed by atoms with Gasteiger partial charge in [0.05, 0.1) is 17.7 Å². The Morgan fingerprint density at radius 1 is 0.925 bits per heavy atom. The number of carbonyl (C=O) groups excluding carboxylic acids is 2. The van der Waals surface area contributed by atoms with Crippen molar-refractivity contribution in [2.45, 2.75) is 57.5 Å². The quantitative estimate of drug-likeness (QED) is 0.280. The van der Waals surface area contributed by atoms with Gasteiger partial charge in [0.1, 0.15) is 18.3 Å². The molecular formula is C31H39N3O5S. The van der Waals surface area contributed by atoms with Crippen molar-refractivity contribution in [3.8, 4) is 5.75 Å². The van der Waals surface area contributed by atoms with Crippen LogP contribution in [0.5, 0.6) is 5.75 Å². The van der Waals surface area contributed by atoms with Gasteiger partial charge in [-0.05, 0) is 61.7 Å². The van der Waals surface area contributed by atoms with E-state index in [1.54, 1.807) is 36.4 Å². The first-order chi connectivity index (χ1) is 19.2. The molecule has 0 aliphatic carbocycles. The molecule has 0 fully saturated rings. The summed E-state index contributed by atoms with van der Waals surface area (Å²) in [6, 6.07) is 21.6. The largest absolute Gasteiger partial charge is 0.497 e. The summed E-state index contributed by atoms with van der Waals surface area (Å²) in [5.41, 5.74) is 2.07. The van der Waals surface area contributed by atoms with Crippen LogP contribution in [0.2, 0.25) is 0 Å². The second-order valence-electron chi connectivity index (χ2n) is 9.60. The SMILES string of the molecule is CCCCNC(=O)[C@H](CC)N(Cc1ccccc1)C(=O)CN(c1ccc(OC)cc1)S(=O)(=O)c1ccc(C)cc1. The molecule has 9 heteroatoms. The number of amides is 2. The molecule has 214 valence electrons. The first kappa shape index (κ1) is 30.7. The fourth-order valence-corrected chi connectivity index (χ4v) is 5.73. The van der Waals surface area contributed by atoms with Gasteiger partial charge in [0.2, 0.25) is 11.8 Å². The fourth-order valence-electron chi connectivity index (χ4n) is 4.32. The normalized spacial score (nSPS) is 11.9. The van der Waals surface area contributed by atoms with Crippen LogP contribution < -0.4 is 14.4 Å². The third-order valence-electron chi connectivity index (χ3n) is 6.66. The molecule has 3 rings (SSSR count).